The van der Waals surface area contributed by atoms with Gasteiger partial charge in [0.2, 0.25) is 0 Å². The lowest BCUT2D eigenvalue weighted by Gasteiger charge is -2.21. The molecule has 0 fully saturated rings. The number of ether oxygens (including phenoxy) is 1. The van der Waals surface area contributed by atoms with E-state index in [-0.39, 0.29) is 17.8 Å². The van der Waals surface area contributed by atoms with Crippen molar-refractivity contribution in [3.8, 4) is 0 Å². The molecular weight excluding hydrogens is 168 g/mol. The standard InChI is InChI=1S/C10H18O3/c1-6(2)9(7(3)4)10(12)13-8(5)11/h6-7,9H,1-5H3. The lowest BCUT2D eigenvalue weighted by Crippen LogP contribution is -2.28. The minimum Gasteiger partial charge on any atom is -0.393 e. The maximum atomic E-state index is 11.4. The quantitative estimate of drug-likeness (QED) is 0.500. The molecule has 0 saturated heterocycles. The van der Waals surface area contributed by atoms with Gasteiger partial charge < -0.3 is 4.74 Å². The fourth-order valence-electron chi connectivity index (χ4n) is 1.52. The summed E-state index contributed by atoms with van der Waals surface area (Å²) in [5.41, 5.74) is 0. The number of carbonyl (C=O) groups excluding carboxylic acids is 2. The van der Waals surface area contributed by atoms with Gasteiger partial charge in [0.1, 0.15) is 0 Å². The molecule has 0 aromatic carbocycles. The Bertz CT molecular complexity index is 186. The summed E-state index contributed by atoms with van der Waals surface area (Å²) in [5.74, 6) is -0.726. The Hall–Kier alpha value is -0.860. The molecule has 76 valence electrons. The van der Waals surface area contributed by atoms with Crippen molar-refractivity contribution < 1.29 is 14.3 Å². The van der Waals surface area contributed by atoms with Crippen LogP contribution in [0.15, 0.2) is 0 Å². The van der Waals surface area contributed by atoms with Crippen LogP contribution < -0.4 is 0 Å². The van der Waals surface area contributed by atoms with E-state index in [1.54, 1.807) is 0 Å². The first-order chi connectivity index (χ1) is 5.86. The van der Waals surface area contributed by atoms with E-state index in [4.69, 9.17) is 0 Å². The molecule has 0 rings (SSSR count). The van der Waals surface area contributed by atoms with Crippen LogP contribution in [0, 0.1) is 17.8 Å². The van der Waals surface area contributed by atoms with Gasteiger partial charge in [-0.2, -0.15) is 0 Å². The molecule has 0 aromatic heterocycles. The Morgan fingerprint density at radius 1 is 1.00 bits per heavy atom. The normalized spacial score (nSPS) is 11.1. The maximum Gasteiger partial charge on any atom is 0.317 e. The summed E-state index contributed by atoms with van der Waals surface area (Å²) < 4.78 is 4.56. The van der Waals surface area contributed by atoms with Crippen LogP contribution in [0.4, 0.5) is 0 Å². The zero-order chi connectivity index (χ0) is 10.6. The van der Waals surface area contributed by atoms with E-state index >= 15 is 0 Å². The van der Waals surface area contributed by atoms with E-state index in [1.165, 1.54) is 6.92 Å². The number of esters is 2. The van der Waals surface area contributed by atoms with Crippen LogP contribution in [0.3, 0.4) is 0 Å². The summed E-state index contributed by atoms with van der Waals surface area (Å²) in [5, 5.41) is 0. The van der Waals surface area contributed by atoms with Gasteiger partial charge in [0.05, 0.1) is 5.92 Å². The predicted octanol–water partition coefficient (Wildman–Crippen LogP) is 2.00. The topological polar surface area (TPSA) is 43.4 Å². The molecule has 0 unspecified atom stereocenters. The maximum absolute atomic E-state index is 11.4. The van der Waals surface area contributed by atoms with E-state index in [2.05, 4.69) is 4.74 Å². The van der Waals surface area contributed by atoms with Crippen molar-refractivity contribution in [2.24, 2.45) is 17.8 Å². The monoisotopic (exact) mass is 186 g/mol. The Morgan fingerprint density at radius 2 is 1.38 bits per heavy atom. The molecule has 0 heterocycles. The molecule has 0 aliphatic rings. The molecular formula is C10H18O3. The molecule has 3 heteroatoms. The Labute approximate surface area is 79.5 Å². The van der Waals surface area contributed by atoms with E-state index < -0.39 is 11.9 Å². The summed E-state index contributed by atoms with van der Waals surface area (Å²) in [6, 6.07) is 0. The minimum absolute atomic E-state index is 0.191. The minimum atomic E-state index is -0.531. The van der Waals surface area contributed by atoms with Crippen LogP contribution in [0.5, 0.6) is 0 Å². The van der Waals surface area contributed by atoms with E-state index in [0.717, 1.165) is 0 Å². The molecule has 0 aliphatic heterocycles. The van der Waals surface area contributed by atoms with Gasteiger partial charge in [0.15, 0.2) is 0 Å². The summed E-state index contributed by atoms with van der Waals surface area (Å²) in [4.78, 5) is 22.0. The van der Waals surface area contributed by atoms with Crippen molar-refractivity contribution in [1.29, 1.82) is 0 Å². The summed E-state index contributed by atoms with van der Waals surface area (Å²) in [6.45, 7) is 9.05. The summed E-state index contributed by atoms with van der Waals surface area (Å²) >= 11 is 0. The molecule has 0 bridgehead atoms. The molecule has 3 nitrogen and oxygen atoms in total. The van der Waals surface area contributed by atoms with Crippen molar-refractivity contribution >= 4 is 11.9 Å². The smallest absolute Gasteiger partial charge is 0.317 e. The van der Waals surface area contributed by atoms with Gasteiger partial charge in [-0.3, -0.25) is 9.59 Å². The molecule has 0 spiro atoms. The second-order valence-corrected chi connectivity index (χ2v) is 3.93. The number of hydrogen-bond donors (Lipinski definition) is 0. The van der Waals surface area contributed by atoms with E-state index in [9.17, 15) is 9.59 Å². The second-order valence-electron chi connectivity index (χ2n) is 3.93. The SMILES string of the molecule is CC(=O)OC(=O)C(C(C)C)C(C)C. The highest BCUT2D eigenvalue weighted by Crippen LogP contribution is 2.21. The zero-order valence-electron chi connectivity index (χ0n) is 8.96. The van der Waals surface area contributed by atoms with Gasteiger partial charge in [-0.25, -0.2) is 0 Å². The molecule has 0 aliphatic carbocycles. The third-order valence-corrected chi connectivity index (χ3v) is 1.95. The third kappa shape index (κ3) is 4.06. The molecule has 0 radical (unpaired) electrons. The molecule has 0 atom stereocenters. The average molecular weight is 186 g/mol. The zero-order valence-corrected chi connectivity index (χ0v) is 8.96. The van der Waals surface area contributed by atoms with Crippen molar-refractivity contribution in [3.05, 3.63) is 0 Å². The number of rotatable bonds is 3. The first-order valence-corrected chi connectivity index (χ1v) is 4.58. The first kappa shape index (κ1) is 12.1. The van der Waals surface area contributed by atoms with Gasteiger partial charge >= 0.3 is 11.9 Å². The fourth-order valence-corrected chi connectivity index (χ4v) is 1.52. The van der Waals surface area contributed by atoms with Crippen molar-refractivity contribution in [1.82, 2.24) is 0 Å². The Balaban J connectivity index is 4.38. The molecule has 13 heavy (non-hydrogen) atoms. The van der Waals surface area contributed by atoms with Crippen molar-refractivity contribution in [3.63, 3.8) is 0 Å². The molecule has 0 saturated carbocycles. The van der Waals surface area contributed by atoms with E-state index in [0.29, 0.717) is 0 Å². The second kappa shape index (κ2) is 5.00. The Morgan fingerprint density at radius 3 is 1.62 bits per heavy atom. The van der Waals surface area contributed by atoms with Crippen LogP contribution in [-0.2, 0) is 14.3 Å². The van der Waals surface area contributed by atoms with E-state index in [1.807, 2.05) is 27.7 Å². The van der Waals surface area contributed by atoms with Crippen molar-refractivity contribution in [2.75, 3.05) is 0 Å². The highest BCUT2D eigenvalue weighted by atomic mass is 16.6. The largest absolute Gasteiger partial charge is 0.393 e. The number of hydrogen-bond acceptors (Lipinski definition) is 3. The van der Waals surface area contributed by atoms with Gasteiger partial charge in [-0.05, 0) is 11.8 Å². The van der Waals surface area contributed by atoms with Crippen LogP contribution in [0.2, 0.25) is 0 Å². The lowest BCUT2D eigenvalue weighted by atomic mass is 9.86. The predicted molar refractivity (Wildman–Crippen MR) is 49.9 cm³/mol. The van der Waals surface area contributed by atoms with Gasteiger partial charge in [0, 0.05) is 6.92 Å². The average Bonchev–Trinajstić information content (AvgIpc) is 1.81. The lowest BCUT2D eigenvalue weighted by molar-refractivity contribution is -0.163. The summed E-state index contributed by atoms with van der Waals surface area (Å²) in [7, 11) is 0. The summed E-state index contributed by atoms with van der Waals surface area (Å²) in [6.07, 6.45) is 0. The molecule has 0 N–H and O–H groups in total. The highest BCUT2D eigenvalue weighted by molar-refractivity contribution is 5.85. The van der Waals surface area contributed by atoms with Crippen LogP contribution in [0.25, 0.3) is 0 Å². The fraction of sp³-hybridized carbons (Fsp3) is 0.800. The Kier molecular flexibility index (Phi) is 4.67. The van der Waals surface area contributed by atoms with Gasteiger partial charge in [-0.1, -0.05) is 27.7 Å². The van der Waals surface area contributed by atoms with Crippen molar-refractivity contribution in [2.45, 2.75) is 34.6 Å². The third-order valence-electron chi connectivity index (χ3n) is 1.95. The number of carbonyl (C=O) groups is 2. The van der Waals surface area contributed by atoms with Crippen LogP contribution >= 0.6 is 0 Å². The highest BCUT2D eigenvalue weighted by Gasteiger charge is 2.27. The first-order valence-electron chi connectivity index (χ1n) is 4.58. The van der Waals surface area contributed by atoms with Crippen LogP contribution in [0.1, 0.15) is 34.6 Å². The van der Waals surface area contributed by atoms with Crippen LogP contribution in [-0.4, -0.2) is 11.9 Å². The molecule has 0 aromatic rings. The van der Waals surface area contributed by atoms with Gasteiger partial charge in [0.25, 0.3) is 0 Å². The van der Waals surface area contributed by atoms with Gasteiger partial charge in [-0.15, -0.1) is 0 Å². The molecule has 0 amide bonds.